The molecule has 0 amide bonds. The van der Waals surface area contributed by atoms with E-state index in [2.05, 4.69) is 162 Å². The van der Waals surface area contributed by atoms with E-state index in [9.17, 15) is 0 Å². The number of likely N-dealkylation sites (N-methyl/N-ethyl adjacent to an activating group) is 1. The highest BCUT2D eigenvalue weighted by atomic mass is 16.5. The fraction of sp³-hybridized carbons (Fsp3) is 0.458. The standard InChI is InChI=1S/C48H61N3O/c1-10-50-41-23-17-33(3)31-39(41)47(5,6)43(50)25-21-36-19-20-37(22-26-44-48(7,8)40-32-34(4)18-24-42(40)51(44)11-2)46(36)52-45(35-15-13-12-14-16-35)38-27-29-49(9)30-28-38/h17-18,21-32,35,45H,10-16,19-20H2,1-9H3/q+2. The van der Waals surface area contributed by atoms with Crippen LogP contribution in [-0.4, -0.2) is 23.4 Å². The van der Waals surface area contributed by atoms with E-state index in [1.165, 1.54) is 93.9 Å². The molecule has 1 saturated carbocycles. The summed E-state index contributed by atoms with van der Waals surface area (Å²) >= 11 is 0. The van der Waals surface area contributed by atoms with Crippen molar-refractivity contribution in [2.45, 2.75) is 117 Å². The van der Waals surface area contributed by atoms with Gasteiger partial charge in [-0.15, -0.1) is 0 Å². The van der Waals surface area contributed by atoms with Gasteiger partial charge in [-0.3, -0.25) is 0 Å². The molecule has 4 nitrogen and oxygen atoms in total. The van der Waals surface area contributed by atoms with E-state index in [0.717, 1.165) is 31.7 Å². The second kappa shape index (κ2) is 14.3. The zero-order valence-electron chi connectivity index (χ0n) is 33.4. The number of rotatable bonds is 9. The second-order valence-electron chi connectivity index (χ2n) is 16.8. The topological polar surface area (TPSA) is 19.4 Å². The molecule has 1 fully saturated rings. The van der Waals surface area contributed by atoms with Crippen molar-refractivity contribution >= 4 is 17.1 Å². The maximum absolute atomic E-state index is 7.48. The van der Waals surface area contributed by atoms with Gasteiger partial charge < -0.3 is 9.64 Å². The van der Waals surface area contributed by atoms with Gasteiger partial charge in [-0.1, -0.05) is 68.5 Å². The molecule has 2 aliphatic carbocycles. The van der Waals surface area contributed by atoms with E-state index in [4.69, 9.17) is 4.74 Å². The van der Waals surface area contributed by atoms with E-state index >= 15 is 0 Å². The third-order valence-corrected chi connectivity index (χ3v) is 12.5. The third-order valence-electron chi connectivity index (χ3n) is 12.5. The van der Waals surface area contributed by atoms with Crippen LogP contribution in [0.25, 0.3) is 0 Å². The number of hydrogen-bond donors (Lipinski definition) is 0. The Balaban J connectivity index is 1.33. The first-order valence-corrected chi connectivity index (χ1v) is 20.0. The highest BCUT2D eigenvalue weighted by Crippen LogP contribution is 2.49. The summed E-state index contributed by atoms with van der Waals surface area (Å²) in [6.07, 6.45) is 22.3. The molecule has 0 radical (unpaired) electrons. The third kappa shape index (κ3) is 6.52. The Hall–Kier alpha value is -4.18. The van der Waals surface area contributed by atoms with Gasteiger partial charge in [0, 0.05) is 64.7 Å². The van der Waals surface area contributed by atoms with E-state index < -0.39 is 0 Å². The average molecular weight is 696 g/mol. The molecule has 3 heterocycles. The van der Waals surface area contributed by atoms with Gasteiger partial charge in [0.2, 0.25) is 5.69 Å². The molecular weight excluding hydrogens is 635 g/mol. The maximum Gasteiger partial charge on any atom is 0.209 e. The fourth-order valence-electron chi connectivity index (χ4n) is 9.49. The van der Waals surface area contributed by atoms with Gasteiger partial charge in [0.1, 0.15) is 25.5 Å². The Bertz CT molecular complexity index is 1990. The molecule has 272 valence electrons. The largest absolute Gasteiger partial charge is 0.485 e. The van der Waals surface area contributed by atoms with Gasteiger partial charge >= 0.3 is 0 Å². The molecule has 0 saturated heterocycles. The molecule has 2 aliphatic heterocycles. The quantitative estimate of drug-likeness (QED) is 0.208. The van der Waals surface area contributed by atoms with Gasteiger partial charge in [-0.05, 0) is 108 Å². The molecule has 4 heteroatoms. The number of aryl methyl sites for hydroxylation is 3. The Morgan fingerprint density at radius 1 is 0.827 bits per heavy atom. The first-order valence-electron chi connectivity index (χ1n) is 20.0. The molecule has 52 heavy (non-hydrogen) atoms. The normalized spacial score (nSPS) is 21.9. The lowest BCUT2D eigenvalue weighted by atomic mass is 9.80. The predicted molar refractivity (Wildman–Crippen MR) is 216 cm³/mol. The zero-order valence-corrected chi connectivity index (χ0v) is 33.4. The van der Waals surface area contributed by atoms with Crippen LogP contribution in [0.4, 0.5) is 11.4 Å². The molecule has 3 aromatic rings. The Labute approximate surface area is 313 Å². The average Bonchev–Trinajstić information content (AvgIpc) is 3.69. The lowest BCUT2D eigenvalue weighted by Crippen LogP contribution is -2.27. The van der Waals surface area contributed by atoms with Crippen LogP contribution in [0, 0.1) is 19.8 Å². The van der Waals surface area contributed by atoms with E-state index in [1.807, 2.05) is 0 Å². The summed E-state index contributed by atoms with van der Waals surface area (Å²) in [4.78, 5) is 2.51. The van der Waals surface area contributed by atoms with Gasteiger partial charge in [0.15, 0.2) is 18.1 Å². The molecule has 1 atom stereocenters. The number of pyridine rings is 1. The summed E-state index contributed by atoms with van der Waals surface area (Å²) in [5, 5.41) is 0. The number of allylic oxidation sites excluding steroid dienone is 7. The lowest BCUT2D eigenvalue weighted by Gasteiger charge is -2.32. The fourth-order valence-corrected chi connectivity index (χ4v) is 9.49. The van der Waals surface area contributed by atoms with Crippen molar-refractivity contribution in [3.63, 3.8) is 0 Å². The second-order valence-corrected chi connectivity index (χ2v) is 16.8. The SMILES string of the molecule is CCN1/C(=C/C=C2\CCC(/C=C/C3=[N+](CC)c4ccc(C)cc4C3(C)C)=C2OC(c2cc[n+](C)cc2)C2CCCCC2)C(C)(C)c2cc(C)ccc21. The Morgan fingerprint density at radius 2 is 1.52 bits per heavy atom. The molecule has 2 aromatic carbocycles. The van der Waals surface area contributed by atoms with Crippen LogP contribution in [0.1, 0.15) is 120 Å². The number of hydrogen-bond acceptors (Lipinski definition) is 2. The molecule has 1 aromatic heterocycles. The van der Waals surface area contributed by atoms with Crippen LogP contribution < -0.4 is 9.47 Å². The molecule has 4 aliphatic rings. The van der Waals surface area contributed by atoms with Crippen molar-refractivity contribution in [3.8, 4) is 0 Å². The zero-order chi connectivity index (χ0) is 36.8. The van der Waals surface area contributed by atoms with Crippen molar-refractivity contribution in [1.82, 2.24) is 0 Å². The minimum Gasteiger partial charge on any atom is -0.485 e. The Kier molecular flexibility index (Phi) is 9.97. The first-order chi connectivity index (χ1) is 24.9. The highest BCUT2D eigenvalue weighted by molar-refractivity contribution is 6.03. The number of fused-ring (bicyclic) bond motifs is 2. The highest BCUT2D eigenvalue weighted by Gasteiger charge is 2.44. The summed E-state index contributed by atoms with van der Waals surface area (Å²) in [6.45, 7) is 20.4. The Morgan fingerprint density at radius 3 is 2.21 bits per heavy atom. The minimum absolute atomic E-state index is 0.0336. The minimum atomic E-state index is -0.0770. The number of aromatic nitrogens is 1. The predicted octanol–water partition coefficient (Wildman–Crippen LogP) is 11.1. The molecular formula is C48H61N3O+2. The number of benzene rings is 2. The monoisotopic (exact) mass is 695 g/mol. The number of ether oxygens (including phenoxy) is 1. The molecule has 1 unspecified atom stereocenters. The number of anilines is 1. The first kappa shape index (κ1) is 36.2. The lowest BCUT2D eigenvalue weighted by molar-refractivity contribution is -0.671. The van der Waals surface area contributed by atoms with Crippen molar-refractivity contribution in [2.75, 3.05) is 18.0 Å². The van der Waals surface area contributed by atoms with Crippen LogP contribution in [0.2, 0.25) is 0 Å². The van der Waals surface area contributed by atoms with E-state index in [1.54, 1.807) is 0 Å². The number of nitrogens with zero attached hydrogens (tertiary/aromatic N) is 3. The summed E-state index contributed by atoms with van der Waals surface area (Å²) in [5.41, 5.74) is 14.6. The maximum atomic E-state index is 7.48. The summed E-state index contributed by atoms with van der Waals surface area (Å²) in [7, 11) is 2.10. The molecule has 7 rings (SSSR count). The molecule has 0 N–H and O–H groups in total. The molecule has 0 bridgehead atoms. The van der Waals surface area contributed by atoms with Crippen LogP contribution in [0.3, 0.4) is 0 Å². The molecule has 0 spiro atoms. The van der Waals surface area contributed by atoms with Crippen molar-refractivity contribution in [2.24, 2.45) is 13.0 Å². The van der Waals surface area contributed by atoms with Gasteiger partial charge in [0.25, 0.3) is 0 Å². The summed E-state index contributed by atoms with van der Waals surface area (Å²) in [5.74, 6) is 1.61. The van der Waals surface area contributed by atoms with Crippen LogP contribution in [-0.2, 0) is 22.6 Å². The van der Waals surface area contributed by atoms with Crippen LogP contribution in [0.5, 0.6) is 0 Å². The summed E-state index contributed by atoms with van der Waals surface area (Å²) in [6, 6.07) is 18.5. The van der Waals surface area contributed by atoms with Crippen molar-refractivity contribution in [1.29, 1.82) is 0 Å². The van der Waals surface area contributed by atoms with E-state index in [0.29, 0.717) is 5.92 Å². The van der Waals surface area contributed by atoms with Crippen molar-refractivity contribution < 1.29 is 13.9 Å². The van der Waals surface area contributed by atoms with Gasteiger partial charge in [0.05, 0.1) is 5.41 Å². The van der Waals surface area contributed by atoms with Crippen LogP contribution >= 0.6 is 0 Å². The summed E-state index contributed by atoms with van der Waals surface area (Å²) < 4.78 is 12.1. The van der Waals surface area contributed by atoms with Gasteiger partial charge in [-0.25, -0.2) is 4.57 Å². The van der Waals surface area contributed by atoms with Crippen molar-refractivity contribution in [3.05, 3.63) is 136 Å². The van der Waals surface area contributed by atoms with Gasteiger partial charge in [-0.2, -0.15) is 4.58 Å². The van der Waals surface area contributed by atoms with E-state index in [-0.39, 0.29) is 16.9 Å². The van der Waals surface area contributed by atoms with Crippen LogP contribution in [0.15, 0.2) is 108 Å². The smallest absolute Gasteiger partial charge is 0.209 e.